The number of aryl methyl sites for hydroxylation is 2. The summed E-state index contributed by atoms with van der Waals surface area (Å²) in [5.41, 5.74) is 2.24. The van der Waals surface area contributed by atoms with Crippen LogP contribution in [0.3, 0.4) is 0 Å². The third kappa shape index (κ3) is 2.50. The van der Waals surface area contributed by atoms with E-state index in [1.54, 1.807) is 31.1 Å². The first kappa shape index (κ1) is 14.7. The Hall–Kier alpha value is -2.21. The molecule has 0 radical (unpaired) electrons. The molecular formula is C16H19N3O3. The Morgan fingerprint density at radius 2 is 2.09 bits per heavy atom. The molecule has 0 bridgehead atoms. The quantitative estimate of drug-likeness (QED) is 0.930. The summed E-state index contributed by atoms with van der Waals surface area (Å²) in [7, 11) is 0. The molecule has 116 valence electrons. The Morgan fingerprint density at radius 1 is 1.36 bits per heavy atom. The summed E-state index contributed by atoms with van der Waals surface area (Å²) in [4.78, 5) is 18.5. The molecule has 3 rings (SSSR count). The first-order valence-corrected chi connectivity index (χ1v) is 7.34. The normalized spacial score (nSPS) is 21.3. The van der Waals surface area contributed by atoms with Crippen molar-refractivity contribution in [1.82, 2.24) is 15.0 Å². The van der Waals surface area contributed by atoms with Crippen LogP contribution < -0.4 is 0 Å². The largest absolute Gasteiger partial charge is 0.396 e. The molecule has 2 aromatic rings. The maximum Gasteiger partial charge on any atom is 0.259 e. The number of carbonyl (C=O) groups is 1. The Morgan fingerprint density at radius 3 is 2.68 bits per heavy atom. The van der Waals surface area contributed by atoms with E-state index < -0.39 is 0 Å². The summed E-state index contributed by atoms with van der Waals surface area (Å²) < 4.78 is 5.09. The van der Waals surface area contributed by atoms with Gasteiger partial charge in [0.25, 0.3) is 5.91 Å². The van der Waals surface area contributed by atoms with Crippen LogP contribution in [-0.2, 0) is 0 Å². The predicted octanol–water partition coefficient (Wildman–Crippen LogP) is 1.53. The van der Waals surface area contributed by atoms with Crippen LogP contribution in [0.1, 0.15) is 33.3 Å². The van der Waals surface area contributed by atoms with Crippen molar-refractivity contribution < 1.29 is 14.4 Å². The fraction of sp³-hybridized carbons (Fsp3) is 0.438. The summed E-state index contributed by atoms with van der Waals surface area (Å²) in [6.07, 6.45) is 3.48. The van der Waals surface area contributed by atoms with Gasteiger partial charge in [0.15, 0.2) is 0 Å². The highest BCUT2D eigenvalue weighted by Crippen LogP contribution is 2.33. The van der Waals surface area contributed by atoms with E-state index in [4.69, 9.17) is 4.52 Å². The molecule has 0 spiro atoms. The smallest absolute Gasteiger partial charge is 0.259 e. The first-order valence-electron chi connectivity index (χ1n) is 7.34. The van der Waals surface area contributed by atoms with Crippen molar-refractivity contribution in [3.63, 3.8) is 0 Å². The second-order valence-corrected chi connectivity index (χ2v) is 5.74. The van der Waals surface area contributed by atoms with Gasteiger partial charge in [0.05, 0.1) is 5.69 Å². The fourth-order valence-electron chi connectivity index (χ4n) is 3.16. The van der Waals surface area contributed by atoms with Crippen LogP contribution in [0, 0.1) is 19.8 Å². The van der Waals surface area contributed by atoms with Crippen LogP contribution in [0.4, 0.5) is 0 Å². The van der Waals surface area contributed by atoms with E-state index in [-0.39, 0.29) is 24.3 Å². The molecule has 1 aliphatic heterocycles. The number of nitrogens with zero attached hydrogens (tertiary/aromatic N) is 3. The number of pyridine rings is 1. The molecule has 0 unspecified atom stereocenters. The lowest BCUT2D eigenvalue weighted by molar-refractivity contribution is 0.0779. The molecule has 1 saturated heterocycles. The fourth-order valence-corrected chi connectivity index (χ4v) is 3.16. The second kappa shape index (κ2) is 5.88. The van der Waals surface area contributed by atoms with Gasteiger partial charge in [0, 0.05) is 43.9 Å². The Kier molecular flexibility index (Phi) is 3.94. The van der Waals surface area contributed by atoms with Gasteiger partial charge in [-0.15, -0.1) is 0 Å². The highest BCUT2D eigenvalue weighted by atomic mass is 16.5. The van der Waals surface area contributed by atoms with E-state index in [1.807, 2.05) is 12.1 Å². The number of hydrogen-bond acceptors (Lipinski definition) is 5. The number of aromatic nitrogens is 2. The number of rotatable bonds is 3. The lowest BCUT2D eigenvalue weighted by Gasteiger charge is -2.16. The Labute approximate surface area is 128 Å². The van der Waals surface area contributed by atoms with Gasteiger partial charge in [-0.2, -0.15) is 0 Å². The average Bonchev–Trinajstić information content (AvgIpc) is 3.11. The van der Waals surface area contributed by atoms with E-state index in [1.165, 1.54) is 0 Å². The number of carbonyl (C=O) groups excluding carboxylic acids is 1. The van der Waals surface area contributed by atoms with Gasteiger partial charge >= 0.3 is 0 Å². The van der Waals surface area contributed by atoms with E-state index in [9.17, 15) is 9.90 Å². The zero-order chi connectivity index (χ0) is 15.7. The lowest BCUT2D eigenvalue weighted by Crippen LogP contribution is -2.30. The van der Waals surface area contributed by atoms with Crippen LogP contribution in [-0.4, -0.2) is 45.8 Å². The molecule has 1 aliphatic rings. The molecule has 1 fully saturated rings. The van der Waals surface area contributed by atoms with Crippen molar-refractivity contribution in [3.8, 4) is 0 Å². The van der Waals surface area contributed by atoms with Crippen LogP contribution >= 0.6 is 0 Å². The molecule has 3 heterocycles. The molecule has 2 atom stereocenters. The van der Waals surface area contributed by atoms with Crippen LogP contribution in [0.2, 0.25) is 0 Å². The number of hydrogen-bond donors (Lipinski definition) is 1. The molecule has 0 aromatic carbocycles. The lowest BCUT2D eigenvalue weighted by atomic mass is 9.90. The van der Waals surface area contributed by atoms with Crippen LogP contribution in [0.25, 0.3) is 0 Å². The van der Waals surface area contributed by atoms with Gasteiger partial charge in [-0.3, -0.25) is 9.78 Å². The first-order chi connectivity index (χ1) is 10.6. The second-order valence-electron chi connectivity index (χ2n) is 5.74. The van der Waals surface area contributed by atoms with E-state index >= 15 is 0 Å². The zero-order valence-electron chi connectivity index (χ0n) is 12.7. The van der Waals surface area contributed by atoms with E-state index in [2.05, 4.69) is 10.1 Å². The number of likely N-dealkylation sites (tertiary alicyclic amines) is 1. The van der Waals surface area contributed by atoms with Crippen LogP contribution in [0.15, 0.2) is 29.0 Å². The monoisotopic (exact) mass is 301 g/mol. The standard InChI is InChI=1S/C16H19N3O3/c1-10-15(11(2)22-18-10)16(21)19-7-13(9-20)14(8-19)12-3-5-17-6-4-12/h3-6,13-14,20H,7-9H2,1-2H3/t13-,14-/m0/s1. The summed E-state index contributed by atoms with van der Waals surface area (Å²) >= 11 is 0. The summed E-state index contributed by atoms with van der Waals surface area (Å²) in [5, 5.41) is 13.5. The molecule has 6 heteroatoms. The van der Waals surface area contributed by atoms with Gasteiger partial charge in [0.1, 0.15) is 11.3 Å². The Balaban J connectivity index is 1.84. The summed E-state index contributed by atoms with van der Waals surface area (Å²) in [5.74, 6) is 0.617. The number of aliphatic hydroxyl groups is 1. The zero-order valence-corrected chi connectivity index (χ0v) is 12.7. The molecule has 1 N–H and O–H groups in total. The molecular weight excluding hydrogens is 282 g/mol. The summed E-state index contributed by atoms with van der Waals surface area (Å²) in [6, 6.07) is 3.88. The van der Waals surface area contributed by atoms with Gasteiger partial charge in [-0.1, -0.05) is 5.16 Å². The summed E-state index contributed by atoms with van der Waals surface area (Å²) in [6.45, 7) is 4.68. The van der Waals surface area contributed by atoms with E-state index in [0.717, 1.165) is 5.56 Å². The van der Waals surface area contributed by atoms with Gasteiger partial charge in [0.2, 0.25) is 0 Å². The van der Waals surface area contributed by atoms with E-state index in [0.29, 0.717) is 30.1 Å². The minimum Gasteiger partial charge on any atom is -0.396 e. The highest BCUT2D eigenvalue weighted by Gasteiger charge is 2.37. The highest BCUT2D eigenvalue weighted by molar-refractivity contribution is 5.96. The number of aliphatic hydroxyl groups excluding tert-OH is 1. The minimum absolute atomic E-state index is 0.0341. The molecule has 22 heavy (non-hydrogen) atoms. The van der Waals surface area contributed by atoms with Crippen LogP contribution in [0.5, 0.6) is 0 Å². The SMILES string of the molecule is Cc1noc(C)c1C(=O)N1C[C@@H](CO)[C@H](c2ccncc2)C1. The third-order valence-electron chi connectivity index (χ3n) is 4.34. The predicted molar refractivity (Wildman–Crippen MR) is 79.4 cm³/mol. The minimum atomic E-state index is -0.0775. The maximum absolute atomic E-state index is 12.7. The third-order valence-corrected chi connectivity index (χ3v) is 4.34. The van der Waals surface area contributed by atoms with Gasteiger partial charge < -0.3 is 14.5 Å². The molecule has 0 saturated carbocycles. The topological polar surface area (TPSA) is 79.5 Å². The van der Waals surface area contributed by atoms with Crippen molar-refractivity contribution in [2.75, 3.05) is 19.7 Å². The average molecular weight is 301 g/mol. The Bertz CT molecular complexity index is 649. The van der Waals surface area contributed by atoms with Crippen molar-refractivity contribution in [2.24, 2.45) is 5.92 Å². The maximum atomic E-state index is 12.7. The van der Waals surface area contributed by atoms with Gasteiger partial charge in [-0.25, -0.2) is 0 Å². The van der Waals surface area contributed by atoms with Crippen molar-refractivity contribution in [1.29, 1.82) is 0 Å². The number of amides is 1. The molecule has 1 amide bonds. The van der Waals surface area contributed by atoms with Crippen molar-refractivity contribution >= 4 is 5.91 Å². The molecule has 0 aliphatic carbocycles. The molecule has 2 aromatic heterocycles. The van der Waals surface area contributed by atoms with Crippen molar-refractivity contribution in [3.05, 3.63) is 47.1 Å². The van der Waals surface area contributed by atoms with Crippen molar-refractivity contribution in [2.45, 2.75) is 19.8 Å². The molecule has 6 nitrogen and oxygen atoms in total. The van der Waals surface area contributed by atoms with Gasteiger partial charge in [-0.05, 0) is 31.5 Å².